The van der Waals surface area contributed by atoms with E-state index in [0.717, 1.165) is 36.1 Å². The Morgan fingerprint density at radius 2 is 1.24 bits per heavy atom. The highest BCUT2D eigenvalue weighted by Gasteiger charge is 2.29. The number of rotatable bonds is 11. The standard InChI is InChI=1S/C32H36N2O2S/c1-24-17-20-30(21-18-24)37(35,36)34-32(29-13-8-5-9-14-29)31(28-11-6-4-7-12-28)33-22-10-15-27-19-16-25(2)23-26(27)3/h4-9,11-14,16-21,23,31-34H,10,15,22H2,1-3H3/t31-,32-/m1/s1. The molecule has 192 valence electrons. The molecule has 0 fully saturated rings. The van der Waals surface area contributed by atoms with Crippen molar-refractivity contribution in [1.82, 2.24) is 10.0 Å². The molecule has 0 aliphatic heterocycles. The third kappa shape index (κ3) is 7.16. The van der Waals surface area contributed by atoms with Crippen LogP contribution in [0.1, 0.15) is 51.9 Å². The largest absolute Gasteiger partial charge is 0.308 e. The van der Waals surface area contributed by atoms with E-state index in [-0.39, 0.29) is 10.9 Å². The first-order valence-corrected chi connectivity index (χ1v) is 14.3. The van der Waals surface area contributed by atoms with Crippen molar-refractivity contribution >= 4 is 10.0 Å². The van der Waals surface area contributed by atoms with Gasteiger partial charge >= 0.3 is 0 Å². The summed E-state index contributed by atoms with van der Waals surface area (Å²) in [7, 11) is -3.75. The summed E-state index contributed by atoms with van der Waals surface area (Å²) >= 11 is 0. The lowest BCUT2D eigenvalue weighted by molar-refractivity contribution is 0.420. The zero-order valence-electron chi connectivity index (χ0n) is 21.8. The van der Waals surface area contributed by atoms with E-state index >= 15 is 0 Å². The average Bonchev–Trinajstić information content (AvgIpc) is 2.90. The predicted molar refractivity (Wildman–Crippen MR) is 152 cm³/mol. The first-order chi connectivity index (χ1) is 17.8. The van der Waals surface area contributed by atoms with Gasteiger partial charge in [0.05, 0.1) is 17.0 Å². The average molecular weight is 513 g/mol. The monoisotopic (exact) mass is 512 g/mol. The van der Waals surface area contributed by atoms with Gasteiger partial charge in [-0.1, -0.05) is 102 Å². The third-order valence-corrected chi connectivity index (χ3v) is 8.21. The van der Waals surface area contributed by atoms with Gasteiger partial charge in [0.25, 0.3) is 0 Å². The molecule has 0 spiro atoms. The van der Waals surface area contributed by atoms with Gasteiger partial charge in [0.15, 0.2) is 0 Å². The van der Waals surface area contributed by atoms with E-state index in [0.29, 0.717) is 0 Å². The second-order valence-corrected chi connectivity index (χ2v) is 11.4. The molecule has 4 nitrogen and oxygen atoms in total. The quantitative estimate of drug-likeness (QED) is 0.223. The molecule has 4 rings (SSSR count). The fraction of sp³-hybridized carbons (Fsp3) is 0.250. The van der Waals surface area contributed by atoms with E-state index in [2.05, 4.69) is 54.2 Å². The molecular formula is C32H36N2O2S. The van der Waals surface area contributed by atoms with Crippen LogP contribution in [-0.2, 0) is 16.4 Å². The van der Waals surface area contributed by atoms with Crippen LogP contribution >= 0.6 is 0 Å². The van der Waals surface area contributed by atoms with Crippen LogP contribution in [0.2, 0.25) is 0 Å². The van der Waals surface area contributed by atoms with E-state index in [9.17, 15) is 8.42 Å². The summed E-state index contributed by atoms with van der Waals surface area (Å²) in [6, 6.07) is 32.7. The van der Waals surface area contributed by atoms with Crippen LogP contribution in [0.25, 0.3) is 0 Å². The molecule has 5 heteroatoms. The summed E-state index contributed by atoms with van der Waals surface area (Å²) in [6.45, 7) is 6.98. The first-order valence-electron chi connectivity index (χ1n) is 12.8. The summed E-state index contributed by atoms with van der Waals surface area (Å²) in [4.78, 5) is 0.265. The van der Waals surface area contributed by atoms with Crippen molar-refractivity contribution in [2.24, 2.45) is 0 Å². The normalized spacial score (nSPS) is 13.3. The van der Waals surface area contributed by atoms with Gasteiger partial charge in [-0.3, -0.25) is 0 Å². The van der Waals surface area contributed by atoms with Gasteiger partial charge in [0.1, 0.15) is 0 Å². The zero-order valence-corrected chi connectivity index (χ0v) is 22.6. The van der Waals surface area contributed by atoms with Crippen LogP contribution in [0.3, 0.4) is 0 Å². The molecule has 0 saturated carbocycles. The Morgan fingerprint density at radius 3 is 1.84 bits per heavy atom. The maximum Gasteiger partial charge on any atom is 0.241 e. The van der Waals surface area contributed by atoms with Crippen LogP contribution < -0.4 is 10.0 Å². The van der Waals surface area contributed by atoms with E-state index in [1.54, 1.807) is 12.1 Å². The smallest absolute Gasteiger partial charge is 0.241 e. The van der Waals surface area contributed by atoms with Crippen molar-refractivity contribution < 1.29 is 8.42 Å². The number of sulfonamides is 1. The van der Waals surface area contributed by atoms with Gasteiger partial charge in [-0.25, -0.2) is 13.1 Å². The van der Waals surface area contributed by atoms with Crippen LogP contribution in [0.4, 0.5) is 0 Å². The molecule has 2 atom stereocenters. The molecule has 0 unspecified atom stereocenters. The minimum absolute atomic E-state index is 0.247. The summed E-state index contributed by atoms with van der Waals surface area (Å²) in [5.74, 6) is 0. The Hall–Kier alpha value is -3.25. The summed E-state index contributed by atoms with van der Waals surface area (Å²) in [5, 5.41) is 3.69. The van der Waals surface area contributed by atoms with Crippen molar-refractivity contribution in [2.75, 3.05) is 6.54 Å². The van der Waals surface area contributed by atoms with E-state index < -0.39 is 16.1 Å². The van der Waals surface area contributed by atoms with E-state index in [1.165, 1.54) is 16.7 Å². The van der Waals surface area contributed by atoms with Crippen LogP contribution in [-0.4, -0.2) is 15.0 Å². The van der Waals surface area contributed by atoms with Gasteiger partial charge < -0.3 is 5.32 Å². The molecule has 4 aromatic carbocycles. The first kappa shape index (κ1) is 26.8. The fourth-order valence-electron chi connectivity index (χ4n) is 4.69. The Kier molecular flexibility index (Phi) is 8.93. The second-order valence-electron chi connectivity index (χ2n) is 9.70. The molecule has 0 aromatic heterocycles. The van der Waals surface area contributed by atoms with Gasteiger partial charge in [-0.2, -0.15) is 0 Å². The molecule has 0 radical (unpaired) electrons. The highest BCUT2D eigenvalue weighted by Crippen LogP contribution is 2.31. The molecule has 0 saturated heterocycles. The maximum absolute atomic E-state index is 13.5. The van der Waals surface area contributed by atoms with Crippen molar-refractivity contribution in [2.45, 2.75) is 50.6 Å². The van der Waals surface area contributed by atoms with Crippen LogP contribution in [0.5, 0.6) is 0 Å². The van der Waals surface area contributed by atoms with Gasteiger partial charge in [0.2, 0.25) is 10.0 Å². The minimum Gasteiger partial charge on any atom is -0.308 e. The van der Waals surface area contributed by atoms with E-state index in [4.69, 9.17) is 0 Å². The Labute approximate surface area is 221 Å². The molecular weight excluding hydrogens is 476 g/mol. The topological polar surface area (TPSA) is 58.2 Å². The summed E-state index contributed by atoms with van der Waals surface area (Å²) in [6.07, 6.45) is 1.91. The molecule has 0 heterocycles. The number of hydrogen-bond donors (Lipinski definition) is 2. The van der Waals surface area contributed by atoms with Crippen molar-refractivity contribution in [3.63, 3.8) is 0 Å². The number of nitrogens with one attached hydrogen (secondary N) is 2. The van der Waals surface area contributed by atoms with Crippen LogP contribution in [0, 0.1) is 20.8 Å². The molecule has 0 bridgehead atoms. The molecule has 37 heavy (non-hydrogen) atoms. The lowest BCUT2D eigenvalue weighted by atomic mass is 9.93. The number of benzene rings is 4. The minimum atomic E-state index is -3.75. The highest BCUT2D eigenvalue weighted by atomic mass is 32.2. The van der Waals surface area contributed by atoms with Crippen molar-refractivity contribution in [3.8, 4) is 0 Å². The van der Waals surface area contributed by atoms with Gasteiger partial charge in [-0.15, -0.1) is 0 Å². The molecule has 2 N–H and O–H groups in total. The third-order valence-electron chi connectivity index (χ3n) is 6.75. The van der Waals surface area contributed by atoms with Gasteiger partial charge in [-0.05, 0) is 74.5 Å². The highest BCUT2D eigenvalue weighted by molar-refractivity contribution is 7.89. The predicted octanol–water partition coefficient (Wildman–Crippen LogP) is 6.60. The van der Waals surface area contributed by atoms with Crippen molar-refractivity contribution in [3.05, 3.63) is 137 Å². The summed E-state index contributed by atoms with van der Waals surface area (Å²) in [5.41, 5.74) is 6.90. The lowest BCUT2D eigenvalue weighted by Crippen LogP contribution is -2.39. The lowest BCUT2D eigenvalue weighted by Gasteiger charge is -2.30. The second kappa shape index (κ2) is 12.3. The Balaban J connectivity index is 1.60. The number of aryl methyl sites for hydroxylation is 4. The van der Waals surface area contributed by atoms with E-state index in [1.807, 2.05) is 67.6 Å². The Bertz CT molecular complexity index is 1390. The fourth-order valence-corrected chi connectivity index (χ4v) is 5.93. The molecule has 0 aliphatic rings. The summed E-state index contributed by atoms with van der Waals surface area (Å²) < 4.78 is 30.0. The molecule has 0 amide bonds. The van der Waals surface area contributed by atoms with Gasteiger partial charge in [0, 0.05) is 0 Å². The Morgan fingerprint density at radius 1 is 0.676 bits per heavy atom. The number of hydrogen-bond acceptors (Lipinski definition) is 3. The molecule has 4 aromatic rings. The molecule has 0 aliphatic carbocycles. The zero-order chi connectivity index (χ0) is 26.3. The maximum atomic E-state index is 13.5. The van der Waals surface area contributed by atoms with Crippen molar-refractivity contribution in [1.29, 1.82) is 0 Å². The van der Waals surface area contributed by atoms with Crippen LogP contribution in [0.15, 0.2) is 108 Å². The SMILES string of the molecule is Cc1ccc(S(=O)(=O)N[C@H](c2ccccc2)[C@H](NCCCc2ccc(C)cc2C)c2ccccc2)cc1.